The third-order valence-electron chi connectivity index (χ3n) is 12.2. The Balaban J connectivity index is 4.67. The van der Waals surface area contributed by atoms with E-state index in [1.165, 1.54) is 116 Å². The van der Waals surface area contributed by atoms with Gasteiger partial charge in [0.1, 0.15) is 0 Å². The molecule has 0 heterocycles. The standard InChI is InChI=1S/C55H108N8O2/c1-3-5-7-9-11-13-15-17-19-21-23-25-27-29-31-33-51-63(52-34-32-30-28-26-24-22-20-18-16-14-12-10-8-6-4-2)54(64)53-60-55(65)59-44-40-50-62(49-39-43-58)46-36-35-45-61(47-37-41-56)48-38-42-57/h11-14,17-20H,3-10,15-16,21-53,56-58H2,1-2H3,(H2,59,60,65)/b13-11-,14-12-,19-17-,20-18-. The van der Waals surface area contributed by atoms with E-state index in [2.05, 4.69) is 82.9 Å². The predicted molar refractivity (Wildman–Crippen MR) is 284 cm³/mol. The molecule has 0 aliphatic rings. The van der Waals surface area contributed by atoms with Gasteiger partial charge < -0.3 is 42.5 Å². The summed E-state index contributed by atoms with van der Waals surface area (Å²) < 4.78 is 0. The monoisotopic (exact) mass is 913 g/mol. The number of urea groups is 1. The fraction of sp³-hybridized carbons (Fsp3) is 0.818. The lowest BCUT2D eigenvalue weighted by molar-refractivity contribution is -0.130. The van der Waals surface area contributed by atoms with E-state index in [1.807, 2.05) is 4.90 Å². The molecule has 0 fully saturated rings. The average Bonchev–Trinajstić information content (AvgIpc) is 3.31. The van der Waals surface area contributed by atoms with Gasteiger partial charge in [0.05, 0.1) is 6.54 Å². The Bertz CT molecular complexity index is 1070. The van der Waals surface area contributed by atoms with Crippen molar-refractivity contribution in [3.8, 4) is 0 Å². The van der Waals surface area contributed by atoms with Crippen LogP contribution in [-0.2, 0) is 4.79 Å². The molecule has 0 rings (SSSR count). The lowest BCUT2D eigenvalue weighted by atomic mass is 10.1. The van der Waals surface area contributed by atoms with Crippen molar-refractivity contribution >= 4 is 11.9 Å². The third kappa shape index (κ3) is 46.4. The molecule has 0 aromatic rings. The van der Waals surface area contributed by atoms with Crippen LogP contribution >= 0.6 is 0 Å². The summed E-state index contributed by atoms with van der Waals surface area (Å²) in [6, 6.07) is -0.260. The summed E-state index contributed by atoms with van der Waals surface area (Å²) in [6.07, 6.45) is 53.7. The van der Waals surface area contributed by atoms with E-state index in [0.29, 0.717) is 13.1 Å². The Morgan fingerprint density at radius 3 is 1.12 bits per heavy atom. The maximum atomic E-state index is 13.5. The first-order valence-electron chi connectivity index (χ1n) is 27.5. The van der Waals surface area contributed by atoms with E-state index in [1.54, 1.807) is 0 Å². The summed E-state index contributed by atoms with van der Waals surface area (Å²) >= 11 is 0. The van der Waals surface area contributed by atoms with Crippen molar-refractivity contribution in [1.82, 2.24) is 25.3 Å². The van der Waals surface area contributed by atoms with E-state index in [9.17, 15) is 9.59 Å². The second-order valence-electron chi connectivity index (χ2n) is 18.3. The molecular formula is C55H108N8O2. The number of nitrogens with zero attached hydrogens (tertiary/aromatic N) is 3. The van der Waals surface area contributed by atoms with Crippen molar-refractivity contribution in [3.63, 3.8) is 0 Å². The van der Waals surface area contributed by atoms with Crippen LogP contribution in [-0.4, -0.2) is 112 Å². The molecule has 0 aliphatic heterocycles. The molecule has 10 heteroatoms. The van der Waals surface area contributed by atoms with E-state index < -0.39 is 0 Å². The van der Waals surface area contributed by atoms with Crippen molar-refractivity contribution in [2.45, 2.75) is 206 Å². The van der Waals surface area contributed by atoms with Crippen LogP contribution in [0.1, 0.15) is 206 Å². The van der Waals surface area contributed by atoms with Crippen LogP contribution in [0.4, 0.5) is 4.79 Å². The van der Waals surface area contributed by atoms with Gasteiger partial charge in [0.2, 0.25) is 5.91 Å². The number of carbonyl (C=O) groups is 2. The fourth-order valence-corrected chi connectivity index (χ4v) is 8.06. The molecule has 0 atom stereocenters. The Labute approximate surface area is 402 Å². The smallest absolute Gasteiger partial charge is 0.315 e. The van der Waals surface area contributed by atoms with Crippen LogP contribution in [0.3, 0.4) is 0 Å². The van der Waals surface area contributed by atoms with E-state index in [4.69, 9.17) is 17.2 Å². The lowest BCUT2D eigenvalue weighted by Crippen LogP contribution is -2.44. The maximum Gasteiger partial charge on any atom is 0.315 e. The summed E-state index contributed by atoms with van der Waals surface area (Å²) in [6.45, 7) is 14.9. The Hall–Kier alpha value is -2.50. The number of unbranched alkanes of at least 4 members (excludes halogenated alkanes) is 19. The molecule has 0 spiro atoms. The summed E-state index contributed by atoms with van der Waals surface area (Å²) in [7, 11) is 0. The maximum absolute atomic E-state index is 13.5. The van der Waals surface area contributed by atoms with Crippen LogP contribution in [0.2, 0.25) is 0 Å². The van der Waals surface area contributed by atoms with Gasteiger partial charge in [-0.3, -0.25) is 4.79 Å². The normalized spacial score (nSPS) is 12.1. The fourth-order valence-electron chi connectivity index (χ4n) is 8.06. The number of nitrogens with one attached hydrogen (secondary N) is 2. The molecule has 8 N–H and O–H groups in total. The second kappa shape index (κ2) is 52.5. The number of hydrogen-bond acceptors (Lipinski definition) is 7. The molecule has 380 valence electrons. The summed E-state index contributed by atoms with van der Waals surface area (Å²) in [5.41, 5.74) is 17.4. The minimum atomic E-state index is -0.260. The van der Waals surface area contributed by atoms with Crippen LogP contribution in [0.15, 0.2) is 48.6 Å². The van der Waals surface area contributed by atoms with Gasteiger partial charge in [-0.25, -0.2) is 4.79 Å². The first kappa shape index (κ1) is 62.5. The zero-order valence-corrected chi connectivity index (χ0v) is 42.9. The van der Waals surface area contributed by atoms with Gasteiger partial charge in [-0.15, -0.1) is 0 Å². The van der Waals surface area contributed by atoms with Crippen LogP contribution < -0.4 is 27.8 Å². The van der Waals surface area contributed by atoms with Gasteiger partial charge in [-0.2, -0.15) is 0 Å². The molecule has 10 nitrogen and oxygen atoms in total. The van der Waals surface area contributed by atoms with Gasteiger partial charge in [0, 0.05) is 19.6 Å². The molecule has 0 aromatic carbocycles. The number of amides is 3. The topological polar surface area (TPSA) is 146 Å². The van der Waals surface area contributed by atoms with Crippen molar-refractivity contribution in [2.75, 3.05) is 85.1 Å². The van der Waals surface area contributed by atoms with Gasteiger partial charge in [-0.05, 0) is 174 Å². The first-order chi connectivity index (χ1) is 32.0. The van der Waals surface area contributed by atoms with Crippen molar-refractivity contribution in [1.29, 1.82) is 0 Å². The lowest BCUT2D eigenvalue weighted by Gasteiger charge is -2.24. The number of hydrogen-bond donors (Lipinski definition) is 5. The van der Waals surface area contributed by atoms with E-state index >= 15 is 0 Å². The molecule has 3 amide bonds. The Morgan fingerprint density at radius 2 is 0.723 bits per heavy atom. The largest absolute Gasteiger partial charge is 0.341 e. The van der Waals surface area contributed by atoms with Crippen LogP contribution in [0, 0.1) is 0 Å². The molecule has 65 heavy (non-hydrogen) atoms. The highest BCUT2D eigenvalue weighted by atomic mass is 16.2. The van der Waals surface area contributed by atoms with Crippen molar-refractivity contribution < 1.29 is 9.59 Å². The quantitative estimate of drug-likeness (QED) is 0.0302. The minimum Gasteiger partial charge on any atom is -0.341 e. The third-order valence-corrected chi connectivity index (χ3v) is 12.2. The molecular weight excluding hydrogens is 805 g/mol. The van der Waals surface area contributed by atoms with Gasteiger partial charge in [-0.1, -0.05) is 140 Å². The van der Waals surface area contributed by atoms with Crippen molar-refractivity contribution in [2.24, 2.45) is 17.2 Å². The highest BCUT2D eigenvalue weighted by molar-refractivity contribution is 5.83. The number of rotatable bonds is 50. The predicted octanol–water partition coefficient (Wildman–Crippen LogP) is 11.6. The van der Waals surface area contributed by atoms with Crippen LogP contribution in [0.25, 0.3) is 0 Å². The van der Waals surface area contributed by atoms with Gasteiger partial charge in [0.25, 0.3) is 0 Å². The second-order valence-corrected chi connectivity index (χ2v) is 18.3. The van der Waals surface area contributed by atoms with E-state index in [-0.39, 0.29) is 18.5 Å². The van der Waals surface area contributed by atoms with Crippen LogP contribution in [0.5, 0.6) is 0 Å². The summed E-state index contributed by atoms with van der Waals surface area (Å²) in [4.78, 5) is 33.2. The Morgan fingerprint density at radius 1 is 0.385 bits per heavy atom. The Kier molecular flexibility index (Phi) is 50.5. The summed E-state index contributed by atoms with van der Waals surface area (Å²) in [5.74, 6) is 0.0305. The minimum absolute atomic E-state index is 0.0305. The van der Waals surface area contributed by atoms with Gasteiger partial charge >= 0.3 is 6.03 Å². The molecule has 0 aromatic heterocycles. The van der Waals surface area contributed by atoms with Gasteiger partial charge in [0.15, 0.2) is 0 Å². The average molecular weight is 914 g/mol. The zero-order chi connectivity index (χ0) is 47.4. The highest BCUT2D eigenvalue weighted by Gasteiger charge is 2.15. The number of allylic oxidation sites excluding steroid dienone is 8. The molecule has 0 bridgehead atoms. The molecule has 0 unspecified atom stereocenters. The number of nitrogens with two attached hydrogens (primary N) is 3. The van der Waals surface area contributed by atoms with Crippen molar-refractivity contribution in [3.05, 3.63) is 48.6 Å². The number of carbonyl (C=O) groups excluding carboxylic acids is 2. The van der Waals surface area contributed by atoms with E-state index in [0.717, 1.165) is 142 Å². The molecule has 0 aliphatic carbocycles. The zero-order valence-electron chi connectivity index (χ0n) is 42.9. The molecule has 0 saturated carbocycles. The summed E-state index contributed by atoms with van der Waals surface area (Å²) in [5, 5.41) is 5.87. The SMILES string of the molecule is CCCCC/C=C\C/C=C\CCCCCCCCN(CCCCCCCC/C=C\C/C=C\CCCCC)C(=O)CNC(=O)NCCCN(CCCN)CCCCN(CCCN)CCCN. The highest BCUT2D eigenvalue weighted by Crippen LogP contribution is 2.12. The molecule has 0 radical (unpaired) electrons. The molecule has 0 saturated heterocycles. The first-order valence-corrected chi connectivity index (χ1v) is 27.5.